The lowest BCUT2D eigenvalue weighted by Gasteiger charge is -2.30. The van der Waals surface area contributed by atoms with Gasteiger partial charge < -0.3 is 10.2 Å². The highest BCUT2D eigenvalue weighted by Crippen LogP contribution is 2.30. The molecule has 8 nitrogen and oxygen atoms in total. The van der Waals surface area contributed by atoms with Gasteiger partial charge in [-0.3, -0.25) is 14.4 Å². The second kappa shape index (κ2) is 10.3. The third kappa shape index (κ3) is 5.37. The lowest BCUT2D eigenvalue weighted by Crippen LogP contribution is -2.49. The lowest BCUT2D eigenvalue weighted by molar-refractivity contribution is -0.140. The first kappa shape index (κ1) is 26.0. The number of halogens is 2. The zero-order valence-electron chi connectivity index (χ0n) is 18.9. The second-order valence-corrected chi connectivity index (χ2v) is 10.9. The van der Waals surface area contributed by atoms with Crippen molar-refractivity contribution in [2.75, 3.05) is 6.54 Å². The number of rotatable bonds is 8. The van der Waals surface area contributed by atoms with E-state index in [-0.39, 0.29) is 41.9 Å². The van der Waals surface area contributed by atoms with Crippen molar-refractivity contribution in [2.24, 2.45) is 0 Å². The van der Waals surface area contributed by atoms with Crippen LogP contribution in [0.5, 0.6) is 0 Å². The van der Waals surface area contributed by atoms with Gasteiger partial charge in [-0.15, -0.1) is 0 Å². The minimum absolute atomic E-state index is 0.0450. The van der Waals surface area contributed by atoms with Crippen molar-refractivity contribution < 1.29 is 22.8 Å². The van der Waals surface area contributed by atoms with E-state index in [1.54, 1.807) is 45.0 Å². The highest BCUT2D eigenvalue weighted by Gasteiger charge is 2.41. The Morgan fingerprint density at radius 3 is 2.35 bits per heavy atom. The van der Waals surface area contributed by atoms with Gasteiger partial charge in [0.15, 0.2) is 0 Å². The van der Waals surface area contributed by atoms with Crippen LogP contribution in [-0.4, -0.2) is 54.0 Å². The molecule has 1 atom stereocenters. The highest BCUT2D eigenvalue weighted by molar-refractivity contribution is 7.90. The van der Waals surface area contributed by atoms with Crippen LogP contribution in [0.2, 0.25) is 10.0 Å². The Bertz CT molecular complexity index is 1230. The van der Waals surface area contributed by atoms with E-state index in [9.17, 15) is 22.8 Å². The molecule has 0 spiro atoms. The highest BCUT2D eigenvalue weighted by atomic mass is 35.5. The number of amides is 3. The maximum absolute atomic E-state index is 13.2. The summed E-state index contributed by atoms with van der Waals surface area (Å²) in [7, 11) is -4.04. The van der Waals surface area contributed by atoms with E-state index in [2.05, 4.69) is 5.32 Å². The molecule has 182 valence electrons. The predicted octanol–water partition coefficient (Wildman–Crippen LogP) is 3.47. The second-order valence-electron chi connectivity index (χ2n) is 8.24. The van der Waals surface area contributed by atoms with E-state index in [1.165, 1.54) is 23.1 Å². The Kier molecular flexibility index (Phi) is 7.90. The van der Waals surface area contributed by atoms with Gasteiger partial charge >= 0.3 is 0 Å². The van der Waals surface area contributed by atoms with Gasteiger partial charge in [-0.05, 0) is 50.6 Å². The maximum atomic E-state index is 13.2. The summed E-state index contributed by atoms with van der Waals surface area (Å²) >= 11 is 12.1. The fraction of sp³-hybridized carbons (Fsp3) is 0.348. The normalized spacial score (nSPS) is 15.2. The average molecular weight is 526 g/mol. The standard InChI is InChI=1S/C23H25Cl2N3O5S/c1-14(2)26-22(30)15(3)27(13-16-8-9-18(24)19(25)12-16)21(29)10-11-28-23(31)17-6-4-5-7-20(17)34(28,32)33/h4-9,12,14-15H,10-11,13H2,1-3H3,(H,26,30)/t15-/m0/s1. The smallest absolute Gasteiger partial charge is 0.269 e. The molecule has 0 fully saturated rings. The Labute approximate surface area is 208 Å². The van der Waals surface area contributed by atoms with Gasteiger partial charge in [0.05, 0.1) is 15.6 Å². The van der Waals surface area contributed by atoms with E-state index in [4.69, 9.17) is 23.2 Å². The molecule has 0 aliphatic carbocycles. The van der Waals surface area contributed by atoms with Gasteiger partial charge in [0.2, 0.25) is 11.8 Å². The summed E-state index contributed by atoms with van der Waals surface area (Å²) in [6.07, 6.45) is -0.292. The molecule has 34 heavy (non-hydrogen) atoms. The van der Waals surface area contributed by atoms with Crippen LogP contribution in [0.4, 0.5) is 0 Å². The van der Waals surface area contributed by atoms with Crippen molar-refractivity contribution in [1.82, 2.24) is 14.5 Å². The van der Waals surface area contributed by atoms with Crippen LogP contribution in [0.15, 0.2) is 47.4 Å². The van der Waals surface area contributed by atoms with Gasteiger partial charge in [-0.2, -0.15) is 0 Å². The first-order chi connectivity index (χ1) is 15.9. The van der Waals surface area contributed by atoms with Gasteiger partial charge in [-0.1, -0.05) is 41.4 Å². The van der Waals surface area contributed by atoms with Crippen molar-refractivity contribution in [3.63, 3.8) is 0 Å². The molecular weight excluding hydrogens is 501 g/mol. The molecule has 0 saturated heterocycles. The van der Waals surface area contributed by atoms with Crippen LogP contribution >= 0.6 is 23.2 Å². The molecule has 1 heterocycles. The predicted molar refractivity (Wildman–Crippen MR) is 129 cm³/mol. The lowest BCUT2D eigenvalue weighted by atomic mass is 10.1. The molecule has 3 rings (SSSR count). The summed E-state index contributed by atoms with van der Waals surface area (Å²) in [5.74, 6) is -1.53. The largest absolute Gasteiger partial charge is 0.352 e. The number of nitrogens with one attached hydrogen (secondary N) is 1. The van der Waals surface area contributed by atoms with Crippen molar-refractivity contribution in [3.05, 3.63) is 63.6 Å². The van der Waals surface area contributed by atoms with Gasteiger partial charge in [-0.25, -0.2) is 12.7 Å². The minimum atomic E-state index is -4.04. The van der Waals surface area contributed by atoms with E-state index in [0.29, 0.717) is 19.9 Å². The fourth-order valence-electron chi connectivity index (χ4n) is 3.62. The summed E-state index contributed by atoms with van der Waals surface area (Å²) in [6, 6.07) is 9.80. The summed E-state index contributed by atoms with van der Waals surface area (Å²) in [5.41, 5.74) is 0.719. The Morgan fingerprint density at radius 1 is 1.06 bits per heavy atom. The molecule has 2 aromatic carbocycles. The molecule has 3 amide bonds. The molecule has 11 heteroatoms. The Hall–Kier alpha value is -2.62. The van der Waals surface area contributed by atoms with Crippen LogP contribution < -0.4 is 5.32 Å². The number of benzene rings is 2. The van der Waals surface area contributed by atoms with E-state index >= 15 is 0 Å². The topological polar surface area (TPSA) is 104 Å². The Morgan fingerprint density at radius 2 is 1.74 bits per heavy atom. The summed E-state index contributed by atoms with van der Waals surface area (Å²) in [6.45, 7) is 4.89. The van der Waals surface area contributed by atoms with Gasteiger partial charge in [0.1, 0.15) is 10.9 Å². The molecule has 2 aromatic rings. The molecule has 1 N–H and O–H groups in total. The van der Waals surface area contributed by atoms with Crippen LogP contribution in [-0.2, 0) is 26.2 Å². The first-order valence-electron chi connectivity index (χ1n) is 10.6. The monoisotopic (exact) mass is 525 g/mol. The van der Waals surface area contributed by atoms with Gasteiger partial charge in [0, 0.05) is 25.6 Å². The molecule has 1 aliphatic rings. The number of sulfonamides is 1. The van der Waals surface area contributed by atoms with Gasteiger partial charge in [0.25, 0.3) is 15.9 Å². The quantitative estimate of drug-likeness (QED) is 0.568. The molecule has 0 bridgehead atoms. The minimum Gasteiger partial charge on any atom is -0.352 e. The number of hydrogen-bond acceptors (Lipinski definition) is 5. The molecule has 1 aliphatic heterocycles. The van der Waals surface area contributed by atoms with Crippen molar-refractivity contribution >= 4 is 50.9 Å². The van der Waals surface area contributed by atoms with Crippen LogP contribution in [0, 0.1) is 0 Å². The van der Waals surface area contributed by atoms with Crippen LogP contribution in [0.1, 0.15) is 43.1 Å². The zero-order valence-corrected chi connectivity index (χ0v) is 21.2. The molecular formula is C23H25Cl2N3O5S. The van der Waals surface area contributed by atoms with E-state index in [1.807, 2.05) is 0 Å². The van der Waals surface area contributed by atoms with E-state index in [0.717, 1.165) is 0 Å². The molecule has 0 radical (unpaired) electrons. The molecule has 0 unspecified atom stereocenters. The van der Waals surface area contributed by atoms with E-state index < -0.39 is 27.9 Å². The third-order valence-corrected chi connectivity index (χ3v) is 7.96. The number of carbonyl (C=O) groups excluding carboxylic acids is 3. The summed E-state index contributed by atoms with van der Waals surface area (Å²) < 4.78 is 26.3. The molecule has 0 saturated carbocycles. The van der Waals surface area contributed by atoms with Crippen LogP contribution in [0.25, 0.3) is 0 Å². The summed E-state index contributed by atoms with van der Waals surface area (Å²) in [4.78, 5) is 39.8. The number of carbonyl (C=O) groups is 3. The number of hydrogen-bond donors (Lipinski definition) is 1. The SMILES string of the molecule is CC(C)NC(=O)[C@H](C)N(Cc1ccc(Cl)c(Cl)c1)C(=O)CCN1C(=O)c2ccccc2S1(=O)=O. The number of fused-ring (bicyclic) bond motifs is 1. The third-order valence-electron chi connectivity index (χ3n) is 5.38. The Balaban J connectivity index is 1.81. The van der Waals surface area contributed by atoms with Crippen molar-refractivity contribution in [1.29, 1.82) is 0 Å². The fourth-order valence-corrected chi connectivity index (χ4v) is 5.51. The zero-order chi connectivity index (χ0) is 25.2. The molecule has 0 aromatic heterocycles. The average Bonchev–Trinajstić information content (AvgIpc) is 2.97. The summed E-state index contributed by atoms with van der Waals surface area (Å²) in [5, 5.41) is 3.43. The maximum Gasteiger partial charge on any atom is 0.269 e. The van der Waals surface area contributed by atoms with Crippen molar-refractivity contribution in [2.45, 2.75) is 50.7 Å². The first-order valence-corrected chi connectivity index (χ1v) is 12.8. The number of nitrogens with zero attached hydrogens (tertiary/aromatic N) is 2. The van der Waals surface area contributed by atoms with Crippen LogP contribution in [0.3, 0.4) is 0 Å². The van der Waals surface area contributed by atoms with Crippen molar-refractivity contribution in [3.8, 4) is 0 Å².